The van der Waals surface area contributed by atoms with Gasteiger partial charge in [0.2, 0.25) is 0 Å². The van der Waals surface area contributed by atoms with Crippen LogP contribution in [0.2, 0.25) is 12.6 Å². The van der Waals surface area contributed by atoms with Crippen LogP contribution in [0.1, 0.15) is 12.8 Å². The monoisotopic (exact) mass is 221 g/mol. The van der Waals surface area contributed by atoms with Crippen molar-refractivity contribution in [3.8, 4) is 0 Å². The van der Waals surface area contributed by atoms with Crippen molar-refractivity contribution in [1.82, 2.24) is 5.43 Å². The number of rotatable bonds is 9. The predicted molar refractivity (Wildman–Crippen MR) is 59.9 cm³/mol. The van der Waals surface area contributed by atoms with E-state index in [-0.39, 0.29) is 0 Å². The summed E-state index contributed by atoms with van der Waals surface area (Å²) in [6.45, 7) is 4.23. The molecule has 5 nitrogen and oxygen atoms in total. The van der Waals surface area contributed by atoms with Gasteiger partial charge in [-0.3, -0.25) is 11.3 Å². The third-order valence-corrected chi connectivity index (χ3v) is 5.08. The molecule has 0 amide bonds. The molecule has 14 heavy (non-hydrogen) atoms. The summed E-state index contributed by atoms with van der Waals surface area (Å²) < 4.78 is 11.2. The normalized spacial score (nSPS) is 15.4. The van der Waals surface area contributed by atoms with Gasteiger partial charge in [0.25, 0.3) is 0 Å². The molecule has 0 rings (SSSR count). The minimum absolute atomic E-state index is 0.665. The maximum absolute atomic E-state index is 5.73. The van der Waals surface area contributed by atoms with Crippen LogP contribution in [-0.2, 0) is 8.85 Å². The van der Waals surface area contributed by atoms with Crippen LogP contribution >= 0.6 is 0 Å². The Morgan fingerprint density at radius 2 is 2.07 bits per heavy atom. The zero-order valence-electron chi connectivity index (χ0n) is 9.21. The topological polar surface area (TPSA) is 82.5 Å². The van der Waals surface area contributed by atoms with Crippen molar-refractivity contribution in [2.75, 3.05) is 26.8 Å². The van der Waals surface area contributed by atoms with Crippen LogP contribution in [0.25, 0.3) is 0 Å². The quantitative estimate of drug-likeness (QED) is 0.220. The molecular weight excluding hydrogens is 198 g/mol. The van der Waals surface area contributed by atoms with Gasteiger partial charge in [0.05, 0.1) is 0 Å². The molecule has 0 radical (unpaired) electrons. The maximum atomic E-state index is 5.73. The second-order valence-electron chi connectivity index (χ2n) is 3.39. The first-order valence-electron chi connectivity index (χ1n) is 5.01. The summed E-state index contributed by atoms with van der Waals surface area (Å²) in [5.41, 5.74) is 8.01. The van der Waals surface area contributed by atoms with E-state index in [1.165, 1.54) is 0 Å². The number of hydrogen-bond donors (Lipinski definition) is 3. The third-order valence-electron chi connectivity index (χ3n) is 2.14. The van der Waals surface area contributed by atoms with Gasteiger partial charge in [-0.2, -0.15) is 0 Å². The second kappa shape index (κ2) is 8.34. The van der Waals surface area contributed by atoms with Gasteiger partial charge in [-0.05, 0) is 32.0 Å². The second-order valence-corrected chi connectivity index (χ2v) is 6.85. The molecule has 0 aliphatic carbocycles. The molecule has 1 atom stereocenters. The lowest BCUT2D eigenvalue weighted by Gasteiger charge is -2.24. The lowest BCUT2D eigenvalue weighted by Crippen LogP contribution is -2.39. The molecule has 0 saturated carbocycles. The molecule has 0 aromatic heterocycles. The summed E-state index contributed by atoms with van der Waals surface area (Å²) in [6.07, 6.45) is 1.87. The van der Waals surface area contributed by atoms with Crippen molar-refractivity contribution in [3.63, 3.8) is 0 Å². The van der Waals surface area contributed by atoms with Crippen LogP contribution in [-0.4, -0.2) is 35.4 Å². The van der Waals surface area contributed by atoms with Gasteiger partial charge in [0.1, 0.15) is 0 Å². The van der Waals surface area contributed by atoms with E-state index in [0.717, 1.165) is 25.4 Å². The smallest absolute Gasteiger partial charge is 0.334 e. The minimum atomic E-state index is -1.95. The zero-order valence-corrected chi connectivity index (χ0v) is 10.2. The first-order valence-corrected chi connectivity index (χ1v) is 7.53. The summed E-state index contributed by atoms with van der Waals surface area (Å²) in [4.78, 5) is 0. The van der Waals surface area contributed by atoms with Crippen LogP contribution in [0.4, 0.5) is 0 Å². The average molecular weight is 221 g/mol. The summed E-state index contributed by atoms with van der Waals surface area (Å²) in [6, 6.07) is 0.957. The maximum Gasteiger partial charge on any atom is 0.334 e. The minimum Gasteiger partial charge on any atom is -0.398 e. The molecule has 0 bridgehead atoms. The Balaban J connectivity index is 3.67. The van der Waals surface area contributed by atoms with E-state index in [9.17, 15) is 0 Å². The molecule has 1 unspecified atom stereocenters. The number of nitrogens with two attached hydrogens (primary N) is 2. The fourth-order valence-electron chi connectivity index (χ4n) is 1.12. The standard InChI is InChI=1S/C8H23N3O2Si/c1-12-14(2,8-4-6-11-10)13-7-3-5-9/h11H,3-10H2,1-2H3. The van der Waals surface area contributed by atoms with E-state index in [2.05, 4.69) is 12.0 Å². The predicted octanol–water partition coefficient (Wildman–Crippen LogP) is -0.0764. The molecular formula is C8H23N3O2Si. The van der Waals surface area contributed by atoms with Gasteiger partial charge in [0.15, 0.2) is 0 Å². The average Bonchev–Trinajstić information content (AvgIpc) is 2.19. The molecule has 0 saturated heterocycles. The van der Waals surface area contributed by atoms with Crippen LogP contribution < -0.4 is 17.0 Å². The van der Waals surface area contributed by atoms with Crippen molar-refractivity contribution >= 4 is 8.56 Å². The Kier molecular flexibility index (Phi) is 8.35. The van der Waals surface area contributed by atoms with E-state index >= 15 is 0 Å². The molecule has 6 heteroatoms. The number of hydrogen-bond acceptors (Lipinski definition) is 5. The molecule has 0 fully saturated rings. The van der Waals surface area contributed by atoms with Crippen LogP contribution in [0.3, 0.4) is 0 Å². The number of hydrazine groups is 1. The van der Waals surface area contributed by atoms with Gasteiger partial charge in [-0.1, -0.05) is 0 Å². The van der Waals surface area contributed by atoms with E-state index < -0.39 is 8.56 Å². The van der Waals surface area contributed by atoms with Crippen LogP contribution in [0.15, 0.2) is 0 Å². The molecule has 5 N–H and O–H groups in total. The van der Waals surface area contributed by atoms with E-state index in [1.54, 1.807) is 7.11 Å². The summed E-state index contributed by atoms with van der Waals surface area (Å²) >= 11 is 0. The highest BCUT2D eigenvalue weighted by atomic mass is 28.4. The lowest BCUT2D eigenvalue weighted by atomic mass is 10.5. The Morgan fingerprint density at radius 1 is 1.36 bits per heavy atom. The van der Waals surface area contributed by atoms with Crippen molar-refractivity contribution in [2.24, 2.45) is 11.6 Å². The van der Waals surface area contributed by atoms with Crippen molar-refractivity contribution in [3.05, 3.63) is 0 Å². The molecule has 0 aliphatic rings. The van der Waals surface area contributed by atoms with E-state index in [1.807, 2.05) is 0 Å². The first-order chi connectivity index (χ1) is 6.68. The highest BCUT2D eigenvalue weighted by Gasteiger charge is 2.28. The highest BCUT2D eigenvalue weighted by molar-refractivity contribution is 6.65. The molecule has 0 heterocycles. The fourth-order valence-corrected chi connectivity index (χ4v) is 2.98. The van der Waals surface area contributed by atoms with E-state index in [0.29, 0.717) is 13.2 Å². The Morgan fingerprint density at radius 3 is 2.57 bits per heavy atom. The Bertz CT molecular complexity index is 128. The molecule has 86 valence electrons. The van der Waals surface area contributed by atoms with Crippen molar-refractivity contribution < 1.29 is 8.85 Å². The highest BCUT2D eigenvalue weighted by Crippen LogP contribution is 2.14. The number of nitrogens with one attached hydrogen (secondary N) is 1. The molecule has 0 spiro atoms. The van der Waals surface area contributed by atoms with Gasteiger partial charge < -0.3 is 14.6 Å². The van der Waals surface area contributed by atoms with Gasteiger partial charge in [0, 0.05) is 20.3 Å². The third kappa shape index (κ3) is 6.47. The Hall–Kier alpha value is 0.0169. The molecule has 0 aromatic carbocycles. The van der Waals surface area contributed by atoms with E-state index in [4.69, 9.17) is 20.4 Å². The van der Waals surface area contributed by atoms with Crippen LogP contribution in [0.5, 0.6) is 0 Å². The van der Waals surface area contributed by atoms with Gasteiger partial charge in [-0.25, -0.2) is 0 Å². The first kappa shape index (κ1) is 14.0. The van der Waals surface area contributed by atoms with Crippen molar-refractivity contribution in [1.29, 1.82) is 0 Å². The summed E-state index contributed by atoms with van der Waals surface area (Å²) in [7, 11) is -0.236. The van der Waals surface area contributed by atoms with Gasteiger partial charge in [-0.15, -0.1) is 0 Å². The SMILES string of the molecule is CO[Si](C)(CCCNN)OCCCN. The zero-order chi connectivity index (χ0) is 10.9. The largest absolute Gasteiger partial charge is 0.398 e. The van der Waals surface area contributed by atoms with Crippen LogP contribution in [0, 0.1) is 0 Å². The summed E-state index contributed by atoms with van der Waals surface area (Å²) in [5, 5.41) is 0. The van der Waals surface area contributed by atoms with Crippen molar-refractivity contribution in [2.45, 2.75) is 25.4 Å². The molecule has 0 aliphatic heterocycles. The fraction of sp³-hybridized carbons (Fsp3) is 1.00. The lowest BCUT2D eigenvalue weighted by molar-refractivity contribution is 0.202. The van der Waals surface area contributed by atoms with Gasteiger partial charge >= 0.3 is 8.56 Å². The molecule has 0 aromatic rings. The summed E-state index contributed by atoms with van der Waals surface area (Å²) in [5.74, 6) is 5.19. The Labute approximate surface area is 87.3 Å².